The van der Waals surface area contributed by atoms with Crippen LogP contribution in [0.5, 0.6) is 0 Å². The lowest BCUT2D eigenvalue weighted by Gasteiger charge is -2.70. The summed E-state index contributed by atoms with van der Waals surface area (Å²) in [4.78, 5) is 120. The number of fused-ring (bicyclic) bond motifs is 7. The molecule has 21 heteroatoms. The number of esters is 8. The van der Waals surface area contributed by atoms with Gasteiger partial charge in [-0.3, -0.25) is 33.6 Å². The maximum Gasteiger partial charge on any atom is 0.339 e. The van der Waals surface area contributed by atoms with Crippen molar-refractivity contribution < 1.29 is 100.0 Å². The SMILES string of the molecule is COC(=O)[C@H]1O[C@@H](O[C@H]2[C@H](OC3CC[C@@]4(C)C(CC[C@]5(C)C4C(=O)C=C4C6C[C@@](C)(C(=O)OC)CC[C@]6(C)CC[C@]45C)C3(C)C)O[C@H](C(=O)OC)[C@@H](OC(C)=O)[C@@H]2OC(C)=O)[C@H](OC(C)=O)[C@@H](OC(C)=O)[C@@H]1OC(C)=O. The summed E-state index contributed by atoms with van der Waals surface area (Å²) in [5.41, 5.74) is -1.75. The number of hydrogen-bond donors (Lipinski definition) is 0. The summed E-state index contributed by atoms with van der Waals surface area (Å²) >= 11 is 0. The van der Waals surface area contributed by atoms with Crippen LogP contribution in [0.3, 0.4) is 0 Å². The van der Waals surface area contributed by atoms with Crippen molar-refractivity contribution >= 4 is 53.5 Å². The molecule has 7 rings (SSSR count). The fourth-order valence-corrected chi connectivity index (χ4v) is 15.4. The lowest BCUT2D eigenvalue weighted by atomic mass is 9.33. The van der Waals surface area contributed by atoms with E-state index in [1.165, 1.54) is 7.11 Å². The number of carbonyl (C=O) groups is 9. The van der Waals surface area contributed by atoms with E-state index in [-0.39, 0.29) is 40.3 Å². The molecule has 7 aliphatic rings. The standard InChI is InChI=1S/C55H78O21/c1-26(56)68-36-38(70-28(3)58)42(72-30(5)60)48(75-41(36)46(63)66-14)76-43-39(71-29(4)59)37(69-27(2)57)40(45(62)65-13)74-47(43)73-35-17-18-53(10)34(50(35,6)7)16-19-55(12)44(53)33(61)24-31-32-25-52(9,49(64)67-15)21-20-51(32,8)22-23-54(31,55)11/h24,32,34-44,47-48H,16-23,25H2,1-15H3/t32?,34?,35?,36-,37-,38-,39-,40-,41-,42+,43+,44?,47+,48-,51+,52-,53-,54+,55+/m0/s1. The average molecular weight is 1080 g/mol. The highest BCUT2D eigenvalue weighted by Gasteiger charge is 2.71. The maximum absolute atomic E-state index is 15.3. The zero-order chi connectivity index (χ0) is 56.4. The summed E-state index contributed by atoms with van der Waals surface area (Å²) in [6.07, 6.45) is -10.7. The summed E-state index contributed by atoms with van der Waals surface area (Å²) in [5.74, 6) is -7.58. The lowest BCUT2D eigenvalue weighted by Crippen LogP contribution is -2.69. The topological polar surface area (TPSA) is 264 Å². The van der Waals surface area contributed by atoms with Gasteiger partial charge in [-0.1, -0.05) is 47.1 Å². The molecule has 6 fully saturated rings. The number of carbonyl (C=O) groups excluding carboxylic acids is 9. The highest BCUT2D eigenvalue weighted by atomic mass is 16.8. The van der Waals surface area contributed by atoms with E-state index in [0.717, 1.165) is 80.1 Å². The van der Waals surface area contributed by atoms with E-state index in [0.29, 0.717) is 32.1 Å². The predicted molar refractivity (Wildman–Crippen MR) is 260 cm³/mol. The Balaban J connectivity index is 1.28. The molecule has 2 saturated heterocycles. The van der Waals surface area contributed by atoms with Gasteiger partial charge in [0.25, 0.3) is 0 Å². The number of methoxy groups -OCH3 is 3. The van der Waals surface area contributed by atoms with Crippen molar-refractivity contribution in [2.24, 2.45) is 50.2 Å². The summed E-state index contributed by atoms with van der Waals surface area (Å²) in [7, 11) is 3.52. The van der Waals surface area contributed by atoms with Gasteiger partial charge in [0.1, 0.15) is 0 Å². The van der Waals surface area contributed by atoms with E-state index in [1.807, 2.05) is 26.8 Å². The molecule has 0 spiro atoms. The molecule has 19 atom stereocenters. The van der Waals surface area contributed by atoms with E-state index >= 15 is 4.79 Å². The molecule has 424 valence electrons. The van der Waals surface area contributed by atoms with Crippen molar-refractivity contribution in [3.63, 3.8) is 0 Å². The Morgan fingerprint density at radius 1 is 0.539 bits per heavy atom. The van der Waals surface area contributed by atoms with E-state index < -0.39 is 131 Å². The quantitative estimate of drug-likeness (QED) is 0.135. The minimum Gasteiger partial charge on any atom is -0.469 e. The molecule has 76 heavy (non-hydrogen) atoms. The lowest BCUT2D eigenvalue weighted by molar-refractivity contribution is -0.372. The van der Waals surface area contributed by atoms with Gasteiger partial charge in [0.15, 0.2) is 60.9 Å². The fraction of sp³-hybridized carbons (Fsp3) is 0.800. The molecule has 0 aromatic carbocycles. The Kier molecular flexibility index (Phi) is 16.5. The smallest absolute Gasteiger partial charge is 0.339 e. The molecule has 0 N–H and O–H groups in total. The van der Waals surface area contributed by atoms with Gasteiger partial charge in [0, 0.05) is 40.5 Å². The van der Waals surface area contributed by atoms with Crippen LogP contribution in [0.1, 0.15) is 141 Å². The van der Waals surface area contributed by atoms with Gasteiger partial charge in [-0.25, -0.2) is 9.59 Å². The Hall–Kier alpha value is -4.99. The first-order valence-electron chi connectivity index (χ1n) is 26.3. The Morgan fingerprint density at radius 3 is 1.51 bits per heavy atom. The van der Waals surface area contributed by atoms with Gasteiger partial charge in [-0.2, -0.15) is 0 Å². The fourth-order valence-electron chi connectivity index (χ4n) is 15.4. The molecule has 4 unspecified atom stereocenters. The number of ether oxygens (including phenoxy) is 12. The first-order chi connectivity index (χ1) is 35.4. The summed E-state index contributed by atoms with van der Waals surface area (Å²) < 4.78 is 69.8. The molecule has 4 saturated carbocycles. The number of hydrogen-bond acceptors (Lipinski definition) is 21. The van der Waals surface area contributed by atoms with Crippen LogP contribution in [0.15, 0.2) is 11.6 Å². The van der Waals surface area contributed by atoms with Crippen molar-refractivity contribution in [2.45, 2.75) is 208 Å². The van der Waals surface area contributed by atoms with Crippen LogP contribution in [0, 0.1) is 50.2 Å². The highest BCUT2D eigenvalue weighted by molar-refractivity contribution is 5.96. The molecule has 0 bridgehead atoms. The molecule has 5 aliphatic carbocycles. The maximum atomic E-state index is 15.3. The third kappa shape index (κ3) is 10.2. The third-order valence-electron chi connectivity index (χ3n) is 19.1. The third-order valence-corrected chi connectivity index (χ3v) is 19.1. The van der Waals surface area contributed by atoms with Crippen LogP contribution in [0.2, 0.25) is 0 Å². The van der Waals surface area contributed by atoms with Crippen molar-refractivity contribution in [1.82, 2.24) is 0 Å². The first kappa shape index (κ1) is 58.7. The normalized spacial score (nSPS) is 42.3. The van der Waals surface area contributed by atoms with E-state index in [1.54, 1.807) is 0 Å². The Bertz CT molecular complexity index is 2380. The van der Waals surface area contributed by atoms with E-state index in [4.69, 9.17) is 56.8 Å². The largest absolute Gasteiger partial charge is 0.469 e. The monoisotopic (exact) mass is 1070 g/mol. The van der Waals surface area contributed by atoms with Gasteiger partial charge in [0.05, 0.1) is 32.8 Å². The Labute approximate surface area is 444 Å². The average Bonchev–Trinajstić information content (AvgIpc) is 3.36. The van der Waals surface area contributed by atoms with Crippen LogP contribution < -0.4 is 0 Å². The van der Waals surface area contributed by atoms with Crippen molar-refractivity contribution in [1.29, 1.82) is 0 Å². The van der Waals surface area contributed by atoms with Crippen LogP contribution in [-0.2, 0) is 100.0 Å². The zero-order valence-corrected chi connectivity index (χ0v) is 46.6. The minimum absolute atomic E-state index is 0.0187. The van der Waals surface area contributed by atoms with Gasteiger partial charge < -0.3 is 56.8 Å². The molecule has 0 aromatic heterocycles. The molecule has 0 aromatic rings. The minimum atomic E-state index is -2.00. The van der Waals surface area contributed by atoms with Gasteiger partial charge in [-0.15, -0.1) is 0 Å². The van der Waals surface area contributed by atoms with E-state index in [9.17, 15) is 38.4 Å². The number of ketones is 1. The molecular weight excluding hydrogens is 997 g/mol. The van der Waals surface area contributed by atoms with Crippen LogP contribution in [0.25, 0.3) is 0 Å². The van der Waals surface area contributed by atoms with Gasteiger partial charge in [-0.05, 0) is 110 Å². The molecule has 0 amide bonds. The van der Waals surface area contributed by atoms with Gasteiger partial charge >= 0.3 is 47.8 Å². The summed E-state index contributed by atoms with van der Waals surface area (Å²) in [6.45, 7) is 20.4. The van der Waals surface area contributed by atoms with Gasteiger partial charge in [0.2, 0.25) is 6.29 Å². The Morgan fingerprint density at radius 2 is 1.01 bits per heavy atom. The highest BCUT2D eigenvalue weighted by Crippen LogP contribution is 2.75. The van der Waals surface area contributed by atoms with E-state index in [2.05, 4.69) is 27.7 Å². The van der Waals surface area contributed by atoms with Crippen molar-refractivity contribution in [3.8, 4) is 0 Å². The molecule has 2 heterocycles. The molecule has 0 radical (unpaired) electrons. The summed E-state index contributed by atoms with van der Waals surface area (Å²) in [6, 6.07) is 0. The molecule has 2 aliphatic heterocycles. The second-order valence-electron chi connectivity index (χ2n) is 24.1. The second kappa shape index (κ2) is 21.3. The van der Waals surface area contributed by atoms with Crippen molar-refractivity contribution in [2.75, 3.05) is 21.3 Å². The summed E-state index contributed by atoms with van der Waals surface area (Å²) in [5, 5.41) is 0. The van der Waals surface area contributed by atoms with Crippen molar-refractivity contribution in [3.05, 3.63) is 11.6 Å². The van der Waals surface area contributed by atoms with Crippen LogP contribution in [-0.4, -0.2) is 142 Å². The van der Waals surface area contributed by atoms with Crippen LogP contribution >= 0.6 is 0 Å². The molecular formula is C55H78O21. The first-order valence-corrected chi connectivity index (χ1v) is 26.3. The predicted octanol–water partition coefficient (Wildman–Crippen LogP) is 5.36. The van der Waals surface area contributed by atoms with Crippen LogP contribution in [0.4, 0.5) is 0 Å². The zero-order valence-electron chi connectivity index (χ0n) is 46.6. The number of allylic oxidation sites excluding steroid dienone is 2. The second-order valence-corrected chi connectivity index (χ2v) is 24.1. The molecule has 21 nitrogen and oxygen atoms in total. The number of rotatable bonds is 12.